The number of fused-ring (bicyclic) bond motifs is 1. The highest BCUT2D eigenvalue weighted by Crippen LogP contribution is 2.40. The number of anilines is 1. The van der Waals surface area contributed by atoms with Gasteiger partial charge in [-0.05, 0) is 93.1 Å². The Morgan fingerprint density at radius 2 is 1.73 bits per heavy atom. The van der Waals surface area contributed by atoms with Crippen LogP contribution in [-0.4, -0.2) is 54.1 Å². The molecule has 1 amide bonds. The van der Waals surface area contributed by atoms with Crippen LogP contribution in [-0.2, 0) is 22.6 Å². The molecule has 10 heteroatoms. The highest BCUT2D eigenvalue weighted by Gasteiger charge is 2.29. The van der Waals surface area contributed by atoms with Gasteiger partial charge in [-0.2, -0.15) is 0 Å². The molecular formula is C41H44N4O6. The second-order valence-electron chi connectivity index (χ2n) is 13.4. The van der Waals surface area contributed by atoms with Crippen molar-refractivity contribution in [3.8, 4) is 28.4 Å². The summed E-state index contributed by atoms with van der Waals surface area (Å²) in [5, 5.41) is 0. The third-order valence-electron chi connectivity index (χ3n) is 8.69. The Hall–Kier alpha value is -5.48. The van der Waals surface area contributed by atoms with Crippen molar-refractivity contribution in [1.82, 2.24) is 15.0 Å². The first kappa shape index (κ1) is 35.3. The maximum Gasteiger partial charge on any atom is 0.416 e. The Kier molecular flexibility index (Phi) is 10.5. The number of aryl methyl sites for hydroxylation is 1. The highest BCUT2D eigenvalue weighted by molar-refractivity contribution is 6.03. The first-order valence-corrected chi connectivity index (χ1v) is 17.0. The summed E-state index contributed by atoms with van der Waals surface area (Å²) in [6.45, 7) is 11.2. The number of pyridine rings is 1. The molecule has 0 spiro atoms. The number of carbonyl (C=O) groups is 1. The monoisotopic (exact) mass is 688 g/mol. The normalized spacial score (nSPS) is 13.0. The molecule has 0 radical (unpaired) electrons. The highest BCUT2D eigenvalue weighted by atomic mass is 16.6. The molecule has 3 heterocycles. The molecule has 1 aliphatic rings. The molecule has 0 unspecified atom stereocenters. The lowest BCUT2D eigenvalue weighted by atomic mass is 9.92. The molecule has 264 valence electrons. The van der Waals surface area contributed by atoms with E-state index in [9.17, 15) is 4.79 Å². The summed E-state index contributed by atoms with van der Waals surface area (Å²) in [4.78, 5) is 30.3. The quantitative estimate of drug-likeness (QED) is 0.143. The van der Waals surface area contributed by atoms with Gasteiger partial charge in [0.15, 0.2) is 5.82 Å². The molecule has 2 aromatic heterocycles. The van der Waals surface area contributed by atoms with Crippen molar-refractivity contribution in [2.75, 3.05) is 32.3 Å². The average molecular weight is 689 g/mol. The van der Waals surface area contributed by atoms with E-state index < -0.39 is 11.7 Å². The predicted octanol–water partition coefficient (Wildman–Crippen LogP) is 8.65. The topological polar surface area (TPSA) is 105 Å². The number of amides is 1. The number of ether oxygens (including phenoxy) is 5. The van der Waals surface area contributed by atoms with Gasteiger partial charge in [0.1, 0.15) is 46.8 Å². The van der Waals surface area contributed by atoms with E-state index in [1.54, 1.807) is 20.3 Å². The van der Waals surface area contributed by atoms with Crippen LogP contribution in [0.3, 0.4) is 0 Å². The number of benzene rings is 3. The zero-order valence-corrected chi connectivity index (χ0v) is 30.3. The molecule has 0 saturated heterocycles. The van der Waals surface area contributed by atoms with E-state index >= 15 is 0 Å². The van der Waals surface area contributed by atoms with E-state index in [2.05, 4.69) is 32.1 Å². The lowest BCUT2D eigenvalue weighted by Gasteiger charge is -2.28. The molecule has 51 heavy (non-hydrogen) atoms. The summed E-state index contributed by atoms with van der Waals surface area (Å²) >= 11 is 0. The molecular weight excluding hydrogens is 644 g/mol. The Labute approximate surface area is 299 Å². The fourth-order valence-corrected chi connectivity index (χ4v) is 6.17. The number of hydrogen-bond donors (Lipinski definition) is 0. The first-order chi connectivity index (χ1) is 24.6. The lowest BCUT2D eigenvalue weighted by Crippen LogP contribution is -2.37. The summed E-state index contributed by atoms with van der Waals surface area (Å²) in [7, 11) is 3.18. The summed E-state index contributed by atoms with van der Waals surface area (Å²) in [5.74, 6) is 2.28. The van der Waals surface area contributed by atoms with Gasteiger partial charge < -0.3 is 23.7 Å². The zero-order chi connectivity index (χ0) is 36.1. The van der Waals surface area contributed by atoms with E-state index in [0.29, 0.717) is 54.6 Å². The molecule has 1 aliphatic heterocycles. The van der Waals surface area contributed by atoms with Gasteiger partial charge in [-0.1, -0.05) is 42.5 Å². The SMILES string of the molecule is COc1ccc(CN(C(=O)OC(C)(C)C)c2ncnc3c(-c4c(C)ccc(OCc5ccccc5)c4C)cc(C4=CCOCC4)nc23)c(OC)c1. The van der Waals surface area contributed by atoms with Gasteiger partial charge in [0.25, 0.3) is 0 Å². The summed E-state index contributed by atoms with van der Waals surface area (Å²) in [6.07, 6.45) is 3.64. The smallest absolute Gasteiger partial charge is 0.416 e. The molecule has 0 fully saturated rings. The van der Waals surface area contributed by atoms with Crippen molar-refractivity contribution in [3.63, 3.8) is 0 Å². The van der Waals surface area contributed by atoms with E-state index in [-0.39, 0.29) is 6.54 Å². The van der Waals surface area contributed by atoms with Gasteiger partial charge in [0, 0.05) is 17.2 Å². The molecule has 5 aromatic rings. The molecule has 10 nitrogen and oxygen atoms in total. The van der Waals surface area contributed by atoms with E-state index in [1.807, 2.05) is 69.3 Å². The summed E-state index contributed by atoms with van der Waals surface area (Å²) in [5.41, 5.74) is 7.76. The van der Waals surface area contributed by atoms with Crippen LogP contribution in [0.1, 0.15) is 55.1 Å². The Morgan fingerprint density at radius 3 is 2.43 bits per heavy atom. The molecule has 0 bridgehead atoms. The minimum atomic E-state index is -0.771. The van der Waals surface area contributed by atoms with Crippen molar-refractivity contribution >= 4 is 28.5 Å². The van der Waals surface area contributed by atoms with Crippen LogP contribution in [0.4, 0.5) is 10.6 Å². The first-order valence-electron chi connectivity index (χ1n) is 17.0. The third-order valence-corrected chi connectivity index (χ3v) is 8.69. The van der Waals surface area contributed by atoms with Crippen LogP contribution in [0.2, 0.25) is 0 Å². The molecule has 0 saturated carbocycles. The number of methoxy groups -OCH3 is 2. The third kappa shape index (κ3) is 7.97. The second-order valence-corrected chi connectivity index (χ2v) is 13.4. The van der Waals surface area contributed by atoms with Crippen LogP contribution < -0.4 is 19.1 Å². The number of carbonyl (C=O) groups excluding carboxylic acids is 1. The Bertz CT molecular complexity index is 2070. The van der Waals surface area contributed by atoms with E-state index in [0.717, 1.165) is 50.4 Å². The van der Waals surface area contributed by atoms with Crippen LogP contribution in [0.5, 0.6) is 17.2 Å². The van der Waals surface area contributed by atoms with Crippen LogP contribution in [0.15, 0.2) is 79.1 Å². The van der Waals surface area contributed by atoms with Crippen molar-refractivity contribution in [3.05, 3.63) is 107 Å². The lowest BCUT2D eigenvalue weighted by molar-refractivity contribution is 0.0576. The number of aromatic nitrogens is 3. The Morgan fingerprint density at radius 1 is 0.922 bits per heavy atom. The molecule has 6 rings (SSSR count). The second kappa shape index (κ2) is 15.2. The molecule has 0 aliphatic carbocycles. The average Bonchev–Trinajstić information content (AvgIpc) is 3.13. The minimum Gasteiger partial charge on any atom is -0.497 e. The van der Waals surface area contributed by atoms with Crippen LogP contribution in [0.25, 0.3) is 27.7 Å². The summed E-state index contributed by atoms with van der Waals surface area (Å²) < 4.78 is 29.1. The van der Waals surface area contributed by atoms with Gasteiger partial charge >= 0.3 is 6.09 Å². The van der Waals surface area contributed by atoms with Crippen LogP contribution >= 0.6 is 0 Å². The van der Waals surface area contributed by atoms with Crippen molar-refractivity contribution < 1.29 is 28.5 Å². The van der Waals surface area contributed by atoms with Crippen molar-refractivity contribution in [2.24, 2.45) is 0 Å². The van der Waals surface area contributed by atoms with Crippen LogP contribution in [0, 0.1) is 13.8 Å². The largest absolute Gasteiger partial charge is 0.497 e. The number of nitrogens with zero attached hydrogens (tertiary/aromatic N) is 4. The van der Waals surface area contributed by atoms with E-state index in [1.165, 1.54) is 11.2 Å². The maximum absolute atomic E-state index is 14.1. The maximum atomic E-state index is 14.1. The predicted molar refractivity (Wildman–Crippen MR) is 198 cm³/mol. The van der Waals surface area contributed by atoms with Gasteiger partial charge in [-0.15, -0.1) is 0 Å². The molecule has 0 atom stereocenters. The van der Waals surface area contributed by atoms with Crippen molar-refractivity contribution in [2.45, 2.75) is 59.8 Å². The Balaban J connectivity index is 1.55. The van der Waals surface area contributed by atoms with Gasteiger partial charge in [-0.25, -0.2) is 19.7 Å². The van der Waals surface area contributed by atoms with Gasteiger partial charge in [-0.3, -0.25) is 4.90 Å². The summed E-state index contributed by atoms with van der Waals surface area (Å²) in [6, 6.07) is 21.7. The van der Waals surface area contributed by atoms with Gasteiger partial charge in [0.2, 0.25) is 0 Å². The number of rotatable bonds is 10. The number of hydrogen-bond acceptors (Lipinski definition) is 9. The van der Waals surface area contributed by atoms with Gasteiger partial charge in [0.05, 0.1) is 39.7 Å². The fraction of sp³-hybridized carbons (Fsp3) is 0.317. The molecule has 3 aromatic carbocycles. The zero-order valence-electron chi connectivity index (χ0n) is 30.3. The standard InChI is InChI=1S/C41H44N4O6/c1-26-13-16-34(50-24-28-11-9-8-10-12-28)27(2)36(26)32-22-33(29-17-19-49-20-18-29)44-38-37(32)42-25-43-39(38)45(40(46)51-41(3,4)5)23-30-14-15-31(47-6)21-35(30)48-7/h8-17,21-22,25H,18-20,23-24H2,1-7H3. The molecule has 0 N–H and O–H groups in total. The minimum absolute atomic E-state index is 0.0901. The fourth-order valence-electron chi connectivity index (χ4n) is 6.17. The van der Waals surface area contributed by atoms with Crippen molar-refractivity contribution in [1.29, 1.82) is 0 Å². The van der Waals surface area contributed by atoms with E-state index in [4.69, 9.17) is 38.6 Å².